The summed E-state index contributed by atoms with van der Waals surface area (Å²) in [7, 11) is 0. The maximum Gasteiger partial charge on any atom is 0.410 e. The Kier molecular flexibility index (Phi) is 4.93. The number of likely N-dealkylation sites (tertiary alicyclic amines) is 1. The number of amides is 1. The molecule has 0 bridgehead atoms. The summed E-state index contributed by atoms with van der Waals surface area (Å²) in [6.07, 6.45) is 8.00. The molecule has 2 aromatic heterocycles. The number of aromatic nitrogens is 3. The Morgan fingerprint density at radius 1 is 1.32 bits per heavy atom. The number of ether oxygens (including phenoxy) is 1. The molecular formula is C21H31N5O2. The number of nitrogens with one attached hydrogen (secondary N) is 2. The van der Waals surface area contributed by atoms with E-state index in [0.29, 0.717) is 12.5 Å². The number of fused-ring (bicyclic) bond motifs is 1. The van der Waals surface area contributed by atoms with Crippen molar-refractivity contribution in [3.63, 3.8) is 0 Å². The van der Waals surface area contributed by atoms with Gasteiger partial charge in [-0.3, -0.25) is 0 Å². The van der Waals surface area contributed by atoms with Crippen LogP contribution in [0.1, 0.15) is 64.9 Å². The van der Waals surface area contributed by atoms with Crippen molar-refractivity contribution in [1.82, 2.24) is 19.9 Å². The van der Waals surface area contributed by atoms with E-state index in [2.05, 4.69) is 33.4 Å². The van der Waals surface area contributed by atoms with Gasteiger partial charge >= 0.3 is 6.09 Å². The maximum absolute atomic E-state index is 12.5. The van der Waals surface area contributed by atoms with Crippen molar-refractivity contribution >= 4 is 22.9 Å². The van der Waals surface area contributed by atoms with Gasteiger partial charge in [-0.2, -0.15) is 0 Å². The maximum atomic E-state index is 12.5. The van der Waals surface area contributed by atoms with E-state index in [-0.39, 0.29) is 12.1 Å². The van der Waals surface area contributed by atoms with Crippen molar-refractivity contribution < 1.29 is 9.53 Å². The first kappa shape index (κ1) is 19.0. The molecule has 1 saturated heterocycles. The molecule has 2 atom stereocenters. The summed E-state index contributed by atoms with van der Waals surface area (Å²) in [4.78, 5) is 26.5. The van der Waals surface area contributed by atoms with Gasteiger partial charge < -0.3 is 19.9 Å². The number of aromatic amines is 1. The highest BCUT2D eigenvalue weighted by molar-refractivity contribution is 5.91. The van der Waals surface area contributed by atoms with Gasteiger partial charge in [0.2, 0.25) is 0 Å². The average molecular weight is 386 g/mol. The van der Waals surface area contributed by atoms with Crippen LogP contribution in [-0.4, -0.2) is 50.7 Å². The highest BCUT2D eigenvalue weighted by Crippen LogP contribution is 2.44. The summed E-state index contributed by atoms with van der Waals surface area (Å²) in [5.74, 6) is 2.14. The second kappa shape index (κ2) is 7.26. The Balaban J connectivity index is 1.51. The fraction of sp³-hybridized carbons (Fsp3) is 0.667. The smallest absolute Gasteiger partial charge is 0.410 e. The number of nitrogens with zero attached hydrogens (tertiary/aromatic N) is 3. The van der Waals surface area contributed by atoms with E-state index >= 15 is 0 Å². The average Bonchev–Trinajstić information content (AvgIpc) is 3.39. The van der Waals surface area contributed by atoms with Crippen LogP contribution in [0, 0.1) is 5.92 Å². The first-order valence-electron chi connectivity index (χ1n) is 10.4. The molecule has 7 heteroatoms. The normalized spacial score (nSPS) is 21.6. The molecule has 0 radical (unpaired) electrons. The number of hydrogen-bond donors (Lipinski definition) is 2. The van der Waals surface area contributed by atoms with Crippen LogP contribution in [0.5, 0.6) is 0 Å². The molecule has 1 aliphatic carbocycles. The number of carbonyl (C=O) groups excluding carboxylic acids is 1. The molecule has 2 aliphatic rings. The summed E-state index contributed by atoms with van der Waals surface area (Å²) in [6, 6.07) is 0.151. The Morgan fingerprint density at radius 2 is 2.11 bits per heavy atom. The fourth-order valence-electron chi connectivity index (χ4n) is 4.09. The predicted molar refractivity (Wildman–Crippen MR) is 109 cm³/mol. The van der Waals surface area contributed by atoms with E-state index in [0.717, 1.165) is 42.2 Å². The molecule has 1 unspecified atom stereocenters. The van der Waals surface area contributed by atoms with Crippen LogP contribution in [0.25, 0.3) is 11.0 Å². The molecule has 2 fully saturated rings. The van der Waals surface area contributed by atoms with Crippen LogP contribution in [0.3, 0.4) is 0 Å². The third kappa shape index (κ3) is 4.08. The SMILES string of the molecule is CC(c1c[nH]c2ncnc(N[C@@H]3CCCN(C(=O)OC(C)(C)C)C3)c12)C1CC1. The molecule has 7 nitrogen and oxygen atoms in total. The number of anilines is 1. The van der Waals surface area contributed by atoms with E-state index in [1.807, 2.05) is 20.8 Å². The standard InChI is InChI=1S/C21H31N5O2/c1-13(14-7-8-14)16-10-22-18-17(16)19(24-12-23-18)25-15-6-5-9-26(11-15)20(27)28-21(2,3)4/h10,12-15H,5-9,11H2,1-4H3,(H2,22,23,24,25)/t13?,15-/m1/s1. The molecule has 3 heterocycles. The lowest BCUT2D eigenvalue weighted by atomic mass is 9.96. The van der Waals surface area contributed by atoms with Gasteiger partial charge in [-0.15, -0.1) is 0 Å². The van der Waals surface area contributed by atoms with Crippen LogP contribution in [0.4, 0.5) is 10.6 Å². The largest absolute Gasteiger partial charge is 0.444 e. The minimum absolute atomic E-state index is 0.151. The molecule has 1 aliphatic heterocycles. The fourth-order valence-corrected chi connectivity index (χ4v) is 4.09. The number of hydrogen-bond acceptors (Lipinski definition) is 5. The molecule has 0 aromatic carbocycles. The topological polar surface area (TPSA) is 83.1 Å². The van der Waals surface area contributed by atoms with Gasteiger partial charge in [-0.05, 0) is 63.9 Å². The zero-order valence-corrected chi connectivity index (χ0v) is 17.3. The van der Waals surface area contributed by atoms with Crippen LogP contribution in [0.2, 0.25) is 0 Å². The Morgan fingerprint density at radius 3 is 2.82 bits per heavy atom. The first-order valence-corrected chi connectivity index (χ1v) is 10.4. The van der Waals surface area contributed by atoms with Gasteiger partial charge in [0.25, 0.3) is 0 Å². The first-order chi connectivity index (χ1) is 13.3. The highest BCUT2D eigenvalue weighted by Gasteiger charge is 2.32. The molecule has 4 rings (SSSR count). The number of rotatable bonds is 4. The summed E-state index contributed by atoms with van der Waals surface area (Å²) >= 11 is 0. The lowest BCUT2D eigenvalue weighted by Crippen LogP contribution is -2.47. The molecule has 152 valence electrons. The van der Waals surface area contributed by atoms with E-state index in [9.17, 15) is 4.79 Å². The van der Waals surface area contributed by atoms with Crippen molar-refractivity contribution in [1.29, 1.82) is 0 Å². The second-order valence-corrected chi connectivity index (χ2v) is 9.23. The van der Waals surface area contributed by atoms with Crippen LogP contribution >= 0.6 is 0 Å². The van der Waals surface area contributed by atoms with E-state index < -0.39 is 5.60 Å². The monoisotopic (exact) mass is 385 g/mol. The van der Waals surface area contributed by atoms with Crippen LogP contribution in [-0.2, 0) is 4.74 Å². The Hall–Kier alpha value is -2.31. The Bertz CT molecular complexity index is 852. The molecule has 1 saturated carbocycles. The van der Waals surface area contributed by atoms with Gasteiger partial charge in [0.15, 0.2) is 0 Å². The van der Waals surface area contributed by atoms with Gasteiger partial charge in [-0.1, -0.05) is 6.92 Å². The quantitative estimate of drug-likeness (QED) is 0.821. The van der Waals surface area contributed by atoms with Crippen molar-refractivity contribution in [2.24, 2.45) is 5.92 Å². The molecule has 2 aromatic rings. The second-order valence-electron chi connectivity index (χ2n) is 9.23. The minimum atomic E-state index is -0.477. The molecule has 0 spiro atoms. The predicted octanol–water partition coefficient (Wildman–Crippen LogP) is 4.28. The number of piperidine rings is 1. The summed E-state index contributed by atoms with van der Waals surface area (Å²) in [6.45, 7) is 9.35. The third-order valence-electron chi connectivity index (χ3n) is 5.73. The molecule has 2 N–H and O–H groups in total. The summed E-state index contributed by atoms with van der Waals surface area (Å²) in [5.41, 5.74) is 1.69. The summed E-state index contributed by atoms with van der Waals surface area (Å²) in [5, 5.41) is 4.69. The summed E-state index contributed by atoms with van der Waals surface area (Å²) < 4.78 is 5.55. The van der Waals surface area contributed by atoms with Gasteiger partial charge in [-0.25, -0.2) is 14.8 Å². The van der Waals surface area contributed by atoms with Gasteiger partial charge in [0.05, 0.1) is 5.39 Å². The number of H-pyrrole nitrogens is 1. The van der Waals surface area contributed by atoms with Gasteiger partial charge in [0, 0.05) is 25.3 Å². The van der Waals surface area contributed by atoms with E-state index in [4.69, 9.17) is 4.74 Å². The zero-order valence-electron chi connectivity index (χ0n) is 17.3. The van der Waals surface area contributed by atoms with Gasteiger partial charge in [0.1, 0.15) is 23.4 Å². The lowest BCUT2D eigenvalue weighted by Gasteiger charge is -2.34. The highest BCUT2D eigenvalue weighted by atomic mass is 16.6. The zero-order chi connectivity index (χ0) is 19.9. The lowest BCUT2D eigenvalue weighted by molar-refractivity contribution is 0.0206. The minimum Gasteiger partial charge on any atom is -0.444 e. The van der Waals surface area contributed by atoms with Crippen molar-refractivity contribution in [2.75, 3.05) is 18.4 Å². The van der Waals surface area contributed by atoms with E-state index in [1.165, 1.54) is 18.4 Å². The van der Waals surface area contributed by atoms with Crippen LogP contribution in [0.15, 0.2) is 12.5 Å². The number of carbonyl (C=O) groups is 1. The van der Waals surface area contributed by atoms with Crippen molar-refractivity contribution in [3.8, 4) is 0 Å². The third-order valence-corrected chi connectivity index (χ3v) is 5.73. The van der Waals surface area contributed by atoms with Crippen LogP contribution < -0.4 is 5.32 Å². The molecule has 28 heavy (non-hydrogen) atoms. The van der Waals surface area contributed by atoms with Crippen molar-refractivity contribution in [2.45, 2.75) is 70.9 Å². The van der Waals surface area contributed by atoms with E-state index in [1.54, 1.807) is 11.2 Å². The molecule has 1 amide bonds. The van der Waals surface area contributed by atoms with Crippen molar-refractivity contribution in [3.05, 3.63) is 18.1 Å². The molecular weight excluding hydrogens is 354 g/mol. The Labute approximate surface area is 166 Å².